The van der Waals surface area contributed by atoms with Gasteiger partial charge in [-0.15, -0.1) is 0 Å². The van der Waals surface area contributed by atoms with Gasteiger partial charge in [0.05, 0.1) is 6.54 Å². The van der Waals surface area contributed by atoms with Gasteiger partial charge < -0.3 is 4.90 Å². The van der Waals surface area contributed by atoms with Gasteiger partial charge in [0.15, 0.2) is 5.75 Å². The molecule has 0 radical (unpaired) electrons. The maximum absolute atomic E-state index is 13.8. The van der Waals surface area contributed by atoms with Crippen LogP contribution in [0, 0.1) is 5.82 Å². The molecule has 0 aliphatic carbocycles. The smallest absolute Gasteiger partial charge is 0.308 e. The number of halogens is 1. The van der Waals surface area contributed by atoms with Crippen molar-refractivity contribution in [1.29, 1.82) is 0 Å². The molecule has 0 heterocycles. The van der Waals surface area contributed by atoms with Crippen LogP contribution in [0.3, 0.4) is 0 Å². The van der Waals surface area contributed by atoms with Crippen molar-refractivity contribution in [3.63, 3.8) is 0 Å². The van der Waals surface area contributed by atoms with Crippen molar-refractivity contribution in [2.45, 2.75) is 52.5 Å². The zero-order valence-electron chi connectivity index (χ0n) is 19.6. The second-order valence-electron chi connectivity index (χ2n) is 8.07. The molecular weight excluding hydrogens is 433 g/mol. The quantitative estimate of drug-likeness (QED) is 0.230. The molecule has 0 N–H and O–H groups in total. The van der Waals surface area contributed by atoms with E-state index in [0.29, 0.717) is 37.2 Å². The molecule has 178 valence electrons. The number of nitrogens with zero attached hydrogens (tertiary/aromatic N) is 1. The zero-order valence-corrected chi connectivity index (χ0v) is 19.6. The Bertz CT molecular complexity index is 1080. The number of hydrogen-bond acceptors (Lipinski definition) is 4. The Balaban J connectivity index is 1.69. The van der Waals surface area contributed by atoms with Gasteiger partial charge in [0.1, 0.15) is 5.82 Å². The molecule has 0 atom stereocenters. The molecule has 34 heavy (non-hydrogen) atoms. The predicted molar refractivity (Wildman–Crippen MR) is 131 cm³/mol. The van der Waals surface area contributed by atoms with Crippen molar-refractivity contribution in [2.24, 2.45) is 0 Å². The molecule has 6 heteroatoms. The molecular formula is C28H30FNO4. The van der Waals surface area contributed by atoms with Gasteiger partial charge in [-0.2, -0.15) is 0 Å². The normalized spacial score (nSPS) is 10.6. The lowest BCUT2D eigenvalue weighted by Crippen LogP contribution is -2.30. The first-order valence-corrected chi connectivity index (χ1v) is 11.6. The first kappa shape index (κ1) is 25.0. The summed E-state index contributed by atoms with van der Waals surface area (Å²) >= 11 is 0. The predicted octanol–water partition coefficient (Wildman–Crippen LogP) is 6.85. The van der Waals surface area contributed by atoms with E-state index in [9.17, 15) is 14.0 Å². The second kappa shape index (κ2) is 12.5. The molecule has 5 nitrogen and oxygen atoms in total. The summed E-state index contributed by atoms with van der Waals surface area (Å²) in [6.45, 7) is 4.29. The van der Waals surface area contributed by atoms with E-state index >= 15 is 0 Å². The Kier molecular flexibility index (Phi) is 9.21. The summed E-state index contributed by atoms with van der Waals surface area (Å²) in [5.41, 5.74) is 3.47. The molecule has 3 aromatic rings. The Labute approximate surface area is 200 Å². The molecule has 0 saturated carbocycles. The summed E-state index contributed by atoms with van der Waals surface area (Å²) < 4.78 is 13.8. The molecule has 0 saturated heterocycles. The minimum Gasteiger partial charge on any atom is -0.308 e. The van der Waals surface area contributed by atoms with E-state index in [1.54, 1.807) is 29.2 Å². The molecule has 0 unspecified atom stereocenters. The van der Waals surface area contributed by atoms with Gasteiger partial charge in [-0.05, 0) is 59.9 Å². The largest absolute Gasteiger partial charge is 0.355 e. The number of carbonyl (C=O) groups is 2. The van der Waals surface area contributed by atoms with Crippen LogP contribution in [0.1, 0.15) is 51.5 Å². The molecule has 3 aromatic carbocycles. The lowest BCUT2D eigenvalue weighted by Gasteiger charge is -2.23. The average molecular weight is 464 g/mol. The van der Waals surface area contributed by atoms with Gasteiger partial charge in [-0.1, -0.05) is 62.7 Å². The lowest BCUT2D eigenvalue weighted by atomic mass is 10.0. The van der Waals surface area contributed by atoms with Gasteiger partial charge in [-0.25, -0.2) is 9.18 Å². The van der Waals surface area contributed by atoms with Crippen LogP contribution in [0.2, 0.25) is 0 Å². The van der Waals surface area contributed by atoms with E-state index in [0.717, 1.165) is 29.5 Å². The van der Waals surface area contributed by atoms with Crippen LogP contribution in [0.25, 0.3) is 11.1 Å². The van der Waals surface area contributed by atoms with Crippen molar-refractivity contribution in [2.75, 3.05) is 4.90 Å². The average Bonchev–Trinajstić information content (AvgIpc) is 2.85. The Hall–Kier alpha value is -3.67. The monoisotopic (exact) mass is 463 g/mol. The number of hydrogen-bond donors (Lipinski definition) is 0. The van der Waals surface area contributed by atoms with Crippen LogP contribution in [-0.2, 0) is 21.0 Å². The van der Waals surface area contributed by atoms with E-state index in [2.05, 4.69) is 0 Å². The second-order valence-corrected chi connectivity index (χ2v) is 8.07. The van der Waals surface area contributed by atoms with E-state index in [-0.39, 0.29) is 11.7 Å². The summed E-state index contributed by atoms with van der Waals surface area (Å²) in [6, 6.07) is 21.3. The Morgan fingerprint density at radius 3 is 2.15 bits per heavy atom. The van der Waals surface area contributed by atoms with Crippen LogP contribution in [0.15, 0.2) is 72.8 Å². The number of rotatable bonds is 11. The molecule has 0 aliphatic rings. The summed E-state index contributed by atoms with van der Waals surface area (Å²) in [5, 5.41) is 0. The van der Waals surface area contributed by atoms with Crippen molar-refractivity contribution in [3.05, 3.63) is 84.2 Å². The van der Waals surface area contributed by atoms with Crippen LogP contribution >= 0.6 is 0 Å². The van der Waals surface area contributed by atoms with E-state index in [1.807, 2.05) is 50.2 Å². The van der Waals surface area contributed by atoms with Crippen molar-refractivity contribution < 1.29 is 23.8 Å². The minimum absolute atomic E-state index is 0.0215. The van der Waals surface area contributed by atoms with Gasteiger partial charge in [-0.3, -0.25) is 14.6 Å². The van der Waals surface area contributed by atoms with Crippen molar-refractivity contribution in [1.82, 2.24) is 0 Å². The van der Waals surface area contributed by atoms with Crippen LogP contribution < -0.4 is 9.79 Å². The molecule has 3 rings (SSSR count). The van der Waals surface area contributed by atoms with Crippen molar-refractivity contribution >= 4 is 17.6 Å². The van der Waals surface area contributed by atoms with Gasteiger partial charge in [0, 0.05) is 18.5 Å². The molecule has 0 aliphatic heterocycles. The van der Waals surface area contributed by atoms with E-state index < -0.39 is 5.97 Å². The SMILES string of the molecule is CCCCC(=O)N(Cc1ccc(-c2ccc(OOC(=O)CCC)cc2)cc1)c1cccc(F)c1. The number of amides is 1. The third-order valence-electron chi connectivity index (χ3n) is 5.33. The van der Waals surface area contributed by atoms with Crippen LogP contribution in [0.5, 0.6) is 5.75 Å². The fourth-order valence-electron chi connectivity index (χ4n) is 3.46. The molecule has 0 aromatic heterocycles. The van der Waals surface area contributed by atoms with Crippen LogP contribution in [-0.4, -0.2) is 11.9 Å². The molecule has 0 spiro atoms. The van der Waals surface area contributed by atoms with E-state index in [1.165, 1.54) is 12.1 Å². The van der Waals surface area contributed by atoms with Gasteiger partial charge in [0.2, 0.25) is 5.91 Å². The first-order chi connectivity index (χ1) is 16.5. The minimum atomic E-state index is -0.400. The Morgan fingerprint density at radius 1 is 0.853 bits per heavy atom. The molecule has 0 bridgehead atoms. The topological polar surface area (TPSA) is 55.8 Å². The van der Waals surface area contributed by atoms with Crippen LogP contribution in [0.4, 0.5) is 10.1 Å². The fraction of sp³-hybridized carbons (Fsp3) is 0.286. The maximum Gasteiger partial charge on any atom is 0.355 e. The molecule has 0 fully saturated rings. The highest BCUT2D eigenvalue weighted by atomic mass is 19.1. The third-order valence-corrected chi connectivity index (χ3v) is 5.33. The highest BCUT2D eigenvalue weighted by molar-refractivity contribution is 5.93. The summed E-state index contributed by atoms with van der Waals surface area (Å²) in [5.74, 6) is -0.343. The standard InChI is InChI=1S/C28H30FNO4/c1-3-5-10-27(31)30(25-9-6-8-24(29)19-25)20-21-11-13-22(14-12-21)23-15-17-26(18-16-23)33-34-28(32)7-4-2/h6,8-9,11-19H,3-5,7,10,20H2,1-2H3. The maximum atomic E-state index is 13.8. The Morgan fingerprint density at radius 2 is 1.53 bits per heavy atom. The number of carbonyl (C=O) groups excluding carboxylic acids is 2. The fourth-order valence-corrected chi connectivity index (χ4v) is 3.46. The van der Waals surface area contributed by atoms with Gasteiger partial charge >= 0.3 is 5.97 Å². The zero-order chi connectivity index (χ0) is 24.3. The van der Waals surface area contributed by atoms with Gasteiger partial charge in [0.25, 0.3) is 0 Å². The van der Waals surface area contributed by atoms with Crippen molar-refractivity contribution in [3.8, 4) is 16.9 Å². The number of unbranched alkanes of at least 4 members (excludes halogenated alkanes) is 1. The highest BCUT2D eigenvalue weighted by Gasteiger charge is 2.16. The number of benzene rings is 3. The molecule has 1 amide bonds. The third kappa shape index (κ3) is 7.17. The summed E-state index contributed by atoms with van der Waals surface area (Å²) in [4.78, 5) is 35.7. The summed E-state index contributed by atoms with van der Waals surface area (Å²) in [7, 11) is 0. The highest BCUT2D eigenvalue weighted by Crippen LogP contribution is 2.25. The van der Waals surface area contributed by atoms with E-state index in [4.69, 9.17) is 9.78 Å². The lowest BCUT2D eigenvalue weighted by molar-refractivity contribution is -0.213. The summed E-state index contributed by atoms with van der Waals surface area (Å²) in [6.07, 6.45) is 3.14. The number of anilines is 1. The first-order valence-electron chi connectivity index (χ1n) is 11.6.